The van der Waals surface area contributed by atoms with Crippen molar-refractivity contribution in [3.63, 3.8) is 0 Å². The molecule has 0 aromatic heterocycles. The second kappa shape index (κ2) is 8.83. The number of rotatable bonds is 4. The fourth-order valence-corrected chi connectivity index (χ4v) is 0.432. The Morgan fingerprint density at radius 1 is 1.62 bits per heavy atom. The molecule has 1 fully saturated rings. The molecule has 1 unspecified atom stereocenters. The summed E-state index contributed by atoms with van der Waals surface area (Å²) in [5.74, 6) is 0. The largest absolute Gasteiger partial charge is 0.557 e. The maximum atomic E-state index is 11.3. The Balaban J connectivity index is 0. The van der Waals surface area contributed by atoms with E-state index in [9.17, 15) is 8.78 Å². The van der Waals surface area contributed by atoms with Crippen LogP contribution in [0, 0.1) is 13.5 Å². The van der Waals surface area contributed by atoms with Crippen LogP contribution in [0.3, 0.4) is 0 Å². The van der Waals surface area contributed by atoms with Gasteiger partial charge in [-0.05, 0) is 13.7 Å². The van der Waals surface area contributed by atoms with Crippen molar-refractivity contribution in [1.82, 2.24) is 0 Å². The Hall–Kier alpha value is -1.26. The van der Waals surface area contributed by atoms with E-state index in [0.29, 0.717) is 6.61 Å². The van der Waals surface area contributed by atoms with Gasteiger partial charge in [-0.1, -0.05) is 0 Å². The Kier molecular flexibility index (Phi) is 9.70. The van der Waals surface area contributed by atoms with E-state index in [1.807, 2.05) is 0 Å². The van der Waals surface area contributed by atoms with Crippen molar-refractivity contribution >= 4 is 0 Å². The molecule has 13 heavy (non-hydrogen) atoms. The average molecular weight is 449 g/mol. The number of methoxy groups -OCH3 is 1. The van der Waals surface area contributed by atoms with Crippen molar-refractivity contribution in [3.05, 3.63) is 13.5 Å². The van der Waals surface area contributed by atoms with Gasteiger partial charge in [-0.3, -0.25) is 0 Å². The molecule has 0 aromatic rings. The molecule has 0 saturated carbocycles. The van der Waals surface area contributed by atoms with E-state index >= 15 is 0 Å². The van der Waals surface area contributed by atoms with Crippen molar-refractivity contribution in [1.29, 1.82) is 0 Å². The first-order chi connectivity index (χ1) is 5.70. The van der Waals surface area contributed by atoms with Crippen LogP contribution in [0.4, 0.5) is 8.78 Å². The van der Waals surface area contributed by atoms with E-state index in [-0.39, 0.29) is 12.7 Å². The predicted molar refractivity (Wildman–Crippen MR) is 38.4 cm³/mol. The number of hydrogen-bond acceptors (Lipinski definition) is 3. The number of epoxide rings is 1. The van der Waals surface area contributed by atoms with Crippen LogP contribution in [0.2, 0.25) is 0 Å². The summed E-state index contributed by atoms with van der Waals surface area (Å²) in [5, 5.41) is 0. The molecule has 0 N–H and O–H groups in total. The monoisotopic (exact) mass is 449 g/mol. The molecule has 3 nitrogen and oxygen atoms in total. The standard InChI is InChI=1S/C5H7F2O2.C2H5O.Rf/c6-5(7)3-8-1-4-2-9-4;1-3-2;/h4H,1-3H2;1H2,2H3;/q2*-1;. The molecule has 1 aliphatic rings. The second-order valence-corrected chi connectivity index (χ2v) is 2.10. The minimum atomic E-state index is -1.68. The predicted octanol–water partition coefficient (Wildman–Crippen LogP) is 1.25. The molecule has 6 heteroatoms. The van der Waals surface area contributed by atoms with Gasteiger partial charge in [0.25, 0.3) is 0 Å². The Morgan fingerprint density at radius 3 is 2.38 bits per heavy atom. The van der Waals surface area contributed by atoms with Crippen LogP contribution >= 0.6 is 0 Å². The first-order valence-electron chi connectivity index (χ1n) is 3.35. The summed E-state index contributed by atoms with van der Waals surface area (Å²) in [7, 11) is 4.50. The SMILES string of the molecule is F[C-](F)COCC1CO1.[CH2-]OC.[Rf]. The molecule has 76 valence electrons. The van der Waals surface area contributed by atoms with Crippen molar-refractivity contribution < 1.29 is 23.0 Å². The topological polar surface area (TPSA) is 31.0 Å². The number of hydrogen-bond donors (Lipinski definition) is 0. The van der Waals surface area contributed by atoms with E-state index in [2.05, 4.69) is 16.6 Å². The van der Waals surface area contributed by atoms with Gasteiger partial charge in [0.1, 0.15) is 6.10 Å². The van der Waals surface area contributed by atoms with Gasteiger partial charge in [0, 0.05) is 6.43 Å². The second-order valence-electron chi connectivity index (χ2n) is 2.10. The van der Waals surface area contributed by atoms with E-state index in [1.54, 1.807) is 0 Å². The van der Waals surface area contributed by atoms with Gasteiger partial charge in [-0.25, -0.2) is 7.11 Å². The van der Waals surface area contributed by atoms with Crippen LogP contribution in [0.25, 0.3) is 0 Å². The maximum absolute atomic E-state index is 11.3. The fourth-order valence-electron chi connectivity index (χ4n) is 0.432. The number of halogens is 2. The molecule has 0 aliphatic carbocycles. The molecule has 0 aromatic carbocycles. The molecular formula is C7H12F2O3Rf-2. The quantitative estimate of drug-likeness (QED) is 0.479. The van der Waals surface area contributed by atoms with Crippen LogP contribution in [-0.2, 0) is 14.2 Å². The van der Waals surface area contributed by atoms with Crippen molar-refractivity contribution in [2.75, 3.05) is 26.9 Å². The van der Waals surface area contributed by atoms with Crippen LogP contribution in [-0.4, -0.2) is 33.0 Å². The molecular weight excluding hydrogens is 437 g/mol. The van der Waals surface area contributed by atoms with Gasteiger partial charge in [0.2, 0.25) is 0 Å². The molecule has 0 bridgehead atoms. The Morgan fingerprint density at radius 2 is 2.08 bits per heavy atom. The van der Waals surface area contributed by atoms with Gasteiger partial charge >= 0.3 is 0 Å². The zero-order valence-electron chi connectivity index (χ0n) is 7.59. The van der Waals surface area contributed by atoms with Gasteiger partial charge in [0.05, 0.1) is 13.2 Å². The number of ether oxygens (including phenoxy) is 3. The molecule has 1 heterocycles. The fraction of sp³-hybridized carbons (Fsp3) is 0.714. The Bertz CT molecular complexity index is 99.7. The normalized spacial score (nSPS) is 18.7. The molecule has 0 amide bonds. The minimum absolute atomic E-state index is 0. The van der Waals surface area contributed by atoms with E-state index < -0.39 is 13.0 Å². The molecule has 1 aliphatic heterocycles. The van der Waals surface area contributed by atoms with Crippen molar-refractivity contribution in [2.45, 2.75) is 6.10 Å². The van der Waals surface area contributed by atoms with Gasteiger partial charge in [-0.2, -0.15) is 0 Å². The molecule has 1 rings (SSSR count). The van der Waals surface area contributed by atoms with Crippen LogP contribution in [0.1, 0.15) is 0 Å². The van der Waals surface area contributed by atoms with Crippen LogP contribution in [0.15, 0.2) is 0 Å². The summed E-state index contributed by atoms with van der Waals surface area (Å²) in [4.78, 5) is 0. The zero-order chi connectivity index (χ0) is 9.40. The van der Waals surface area contributed by atoms with Crippen molar-refractivity contribution in [2.24, 2.45) is 0 Å². The van der Waals surface area contributed by atoms with Crippen molar-refractivity contribution in [3.8, 4) is 0 Å². The van der Waals surface area contributed by atoms with E-state index in [1.165, 1.54) is 7.11 Å². The third kappa shape index (κ3) is 13.7. The van der Waals surface area contributed by atoms with E-state index in [4.69, 9.17) is 4.74 Å². The summed E-state index contributed by atoms with van der Waals surface area (Å²) < 4.78 is 35.7. The molecule has 1 atom stereocenters. The summed E-state index contributed by atoms with van der Waals surface area (Å²) in [6.45, 7) is 0.380. The average Bonchev–Trinajstić information content (AvgIpc) is 2.72. The first-order valence-corrected chi connectivity index (χ1v) is 3.35. The smallest absolute Gasteiger partial charge is 0.104 e. The minimum Gasteiger partial charge on any atom is -0.557 e. The van der Waals surface area contributed by atoms with Crippen LogP contribution in [0.5, 0.6) is 0 Å². The first kappa shape index (κ1) is 14.3. The van der Waals surface area contributed by atoms with Gasteiger partial charge in [0.15, 0.2) is 0 Å². The Labute approximate surface area is 70.6 Å². The summed E-state index contributed by atoms with van der Waals surface area (Å²) in [5.41, 5.74) is 0. The third-order valence-corrected chi connectivity index (χ3v) is 0.917. The molecule has 1 saturated heterocycles. The third-order valence-electron chi connectivity index (χ3n) is 0.917. The van der Waals surface area contributed by atoms with Gasteiger partial charge < -0.3 is 23.0 Å². The zero-order valence-corrected chi connectivity index (χ0v) is 14.0. The van der Waals surface area contributed by atoms with Crippen LogP contribution < -0.4 is 0 Å². The van der Waals surface area contributed by atoms with E-state index in [0.717, 1.165) is 0 Å². The summed E-state index contributed by atoms with van der Waals surface area (Å²) in [6.07, 6.45) is -1.61. The maximum Gasteiger partial charge on any atom is 0.104 e. The molecule has 0 spiro atoms. The summed E-state index contributed by atoms with van der Waals surface area (Å²) >= 11 is 0. The molecule has 0 radical (unpaired) electrons. The summed E-state index contributed by atoms with van der Waals surface area (Å²) in [6, 6.07) is 0. The van der Waals surface area contributed by atoms with Gasteiger partial charge in [-0.15, -0.1) is 0 Å².